The van der Waals surface area contributed by atoms with E-state index in [1.807, 2.05) is 34.9 Å². The molecule has 2 fully saturated rings. The van der Waals surface area contributed by atoms with Crippen molar-refractivity contribution in [3.63, 3.8) is 0 Å². The van der Waals surface area contributed by atoms with Gasteiger partial charge in [-0.05, 0) is 61.8 Å². The second kappa shape index (κ2) is 6.67. The second-order valence-corrected chi connectivity index (χ2v) is 9.03. The first-order chi connectivity index (χ1) is 14.3. The van der Waals surface area contributed by atoms with Crippen molar-refractivity contribution in [1.29, 1.82) is 0 Å². The molecule has 3 heterocycles. The van der Waals surface area contributed by atoms with Crippen molar-refractivity contribution < 1.29 is 9.84 Å². The van der Waals surface area contributed by atoms with E-state index in [9.17, 15) is 5.11 Å². The fourth-order valence-corrected chi connectivity index (χ4v) is 4.89. The minimum absolute atomic E-state index is 0.536. The van der Waals surface area contributed by atoms with Gasteiger partial charge in [0.2, 0.25) is 0 Å². The lowest BCUT2D eigenvalue weighted by Crippen LogP contribution is -2.06. The molecule has 1 aromatic carbocycles. The Hall–Kier alpha value is -2.71. The summed E-state index contributed by atoms with van der Waals surface area (Å²) in [5, 5.41) is 19.6. The van der Waals surface area contributed by atoms with Gasteiger partial charge in [-0.15, -0.1) is 16.4 Å². The Kier molecular flexibility index (Phi) is 3.95. The lowest BCUT2D eigenvalue weighted by Gasteiger charge is -2.09. The summed E-state index contributed by atoms with van der Waals surface area (Å²) in [6, 6.07) is 7.83. The van der Waals surface area contributed by atoms with Gasteiger partial charge in [-0.3, -0.25) is 4.40 Å². The Labute approximate surface area is 171 Å². The number of aliphatic hydroxyl groups excluding tert-OH is 1. The third kappa shape index (κ3) is 3.22. The van der Waals surface area contributed by atoms with Crippen molar-refractivity contribution in [1.82, 2.24) is 24.4 Å². The summed E-state index contributed by atoms with van der Waals surface area (Å²) >= 11 is 1.71. The van der Waals surface area contributed by atoms with Gasteiger partial charge in [0.1, 0.15) is 28.7 Å². The van der Waals surface area contributed by atoms with Gasteiger partial charge in [0.25, 0.3) is 0 Å². The van der Waals surface area contributed by atoms with Crippen molar-refractivity contribution in [2.24, 2.45) is 5.92 Å². The van der Waals surface area contributed by atoms with Gasteiger partial charge < -0.3 is 9.84 Å². The maximum Gasteiger partial charge on any atom is 0.141 e. The number of fused-ring (bicyclic) bond motifs is 1. The largest absolute Gasteiger partial charge is 0.493 e. The summed E-state index contributed by atoms with van der Waals surface area (Å²) in [5.74, 6) is 2.15. The zero-order chi connectivity index (χ0) is 19.4. The fraction of sp³-hybridized carbons (Fsp3) is 0.381. The van der Waals surface area contributed by atoms with E-state index in [-0.39, 0.29) is 0 Å². The number of rotatable bonds is 7. The fourth-order valence-electron chi connectivity index (χ4n) is 3.59. The first-order valence-electron chi connectivity index (χ1n) is 10.0. The van der Waals surface area contributed by atoms with Crippen molar-refractivity contribution in [3.05, 3.63) is 59.3 Å². The molecule has 1 N–H and O–H groups in total. The predicted octanol–water partition coefficient (Wildman–Crippen LogP) is 3.72. The number of benzene rings is 1. The van der Waals surface area contributed by atoms with Gasteiger partial charge >= 0.3 is 0 Å². The van der Waals surface area contributed by atoms with Gasteiger partial charge in [0, 0.05) is 4.88 Å². The zero-order valence-corrected chi connectivity index (χ0v) is 16.6. The van der Waals surface area contributed by atoms with Crippen LogP contribution in [0.1, 0.15) is 54.0 Å². The van der Waals surface area contributed by atoms with E-state index in [2.05, 4.69) is 15.3 Å². The third-order valence-electron chi connectivity index (χ3n) is 5.61. The molecule has 2 aliphatic rings. The highest BCUT2D eigenvalue weighted by Crippen LogP contribution is 2.47. The molecule has 8 heteroatoms. The summed E-state index contributed by atoms with van der Waals surface area (Å²) in [7, 11) is 0. The number of aliphatic hydroxyl groups is 1. The van der Waals surface area contributed by atoms with Gasteiger partial charge in [0.15, 0.2) is 0 Å². The smallest absolute Gasteiger partial charge is 0.141 e. The van der Waals surface area contributed by atoms with Crippen LogP contribution in [0, 0.1) is 5.92 Å². The number of aromatic nitrogens is 5. The minimum atomic E-state index is -0.830. The van der Waals surface area contributed by atoms with E-state index in [0.717, 1.165) is 34.5 Å². The highest BCUT2D eigenvalue weighted by Gasteiger charge is 2.33. The summed E-state index contributed by atoms with van der Waals surface area (Å²) in [4.78, 5) is 6.51. The SMILES string of the molecule is O[C@@H](c1cn(-c2ccc(OCC3CC3)cc2)nn1)c1c(C2CC2)sc2cncn12. The Morgan fingerprint density at radius 2 is 2.00 bits per heavy atom. The Bertz CT molecular complexity index is 1150. The standard InChI is InChI=1S/C21H21N5O2S/c27-20(19-21(14-3-4-14)29-18-9-22-12-25(18)19)17-10-26(24-23-17)15-5-7-16(8-6-15)28-11-13-1-2-13/h5-10,12-14,20,27H,1-4,11H2/t20-/m0/s1. The molecule has 4 aromatic rings. The van der Waals surface area contributed by atoms with Crippen molar-refractivity contribution in [3.8, 4) is 11.4 Å². The van der Waals surface area contributed by atoms with Gasteiger partial charge in [-0.25, -0.2) is 9.67 Å². The van der Waals surface area contributed by atoms with Crippen molar-refractivity contribution in [2.75, 3.05) is 6.61 Å². The molecule has 0 saturated heterocycles. The van der Waals surface area contributed by atoms with Crippen molar-refractivity contribution >= 4 is 16.2 Å². The van der Waals surface area contributed by atoms with Crippen LogP contribution in [0.5, 0.6) is 5.75 Å². The molecule has 0 spiro atoms. The monoisotopic (exact) mass is 407 g/mol. The van der Waals surface area contributed by atoms with Crippen LogP contribution in [0.25, 0.3) is 10.5 Å². The van der Waals surface area contributed by atoms with Crippen molar-refractivity contribution in [2.45, 2.75) is 37.7 Å². The number of ether oxygens (including phenoxy) is 1. The quantitative estimate of drug-likeness (QED) is 0.505. The normalized spacial score (nSPS) is 17.7. The molecule has 0 aliphatic heterocycles. The maximum atomic E-state index is 11.1. The lowest BCUT2D eigenvalue weighted by molar-refractivity contribution is 0.208. The van der Waals surface area contributed by atoms with E-state index < -0.39 is 6.10 Å². The van der Waals surface area contributed by atoms with Crippen LogP contribution in [-0.2, 0) is 0 Å². The molecule has 29 heavy (non-hydrogen) atoms. The minimum Gasteiger partial charge on any atom is -0.493 e. The van der Waals surface area contributed by atoms with Crippen LogP contribution >= 0.6 is 11.3 Å². The topological polar surface area (TPSA) is 77.5 Å². The summed E-state index contributed by atoms with van der Waals surface area (Å²) < 4.78 is 9.47. The molecule has 148 valence electrons. The van der Waals surface area contributed by atoms with Crippen LogP contribution in [0.4, 0.5) is 0 Å². The van der Waals surface area contributed by atoms with Gasteiger partial charge in [-0.2, -0.15) is 0 Å². The molecule has 6 rings (SSSR count). The molecule has 0 radical (unpaired) electrons. The highest BCUT2D eigenvalue weighted by molar-refractivity contribution is 7.17. The highest BCUT2D eigenvalue weighted by atomic mass is 32.1. The molecule has 0 bridgehead atoms. The Morgan fingerprint density at radius 3 is 2.76 bits per heavy atom. The molecule has 7 nitrogen and oxygen atoms in total. The summed E-state index contributed by atoms with van der Waals surface area (Å²) in [6.07, 6.45) is 9.49. The molecule has 0 amide bonds. The molecule has 2 saturated carbocycles. The lowest BCUT2D eigenvalue weighted by atomic mass is 10.1. The van der Waals surface area contributed by atoms with Crippen LogP contribution in [0.3, 0.4) is 0 Å². The molecular formula is C21H21N5O2S. The molecule has 1 atom stereocenters. The first kappa shape index (κ1) is 17.2. The molecule has 2 aliphatic carbocycles. The van der Waals surface area contributed by atoms with E-state index in [0.29, 0.717) is 11.6 Å². The maximum absolute atomic E-state index is 11.1. The average molecular weight is 407 g/mol. The predicted molar refractivity (Wildman–Crippen MR) is 109 cm³/mol. The second-order valence-electron chi connectivity index (χ2n) is 7.97. The van der Waals surface area contributed by atoms with E-state index in [1.54, 1.807) is 28.5 Å². The van der Waals surface area contributed by atoms with E-state index >= 15 is 0 Å². The Balaban J connectivity index is 1.26. The number of hydrogen-bond acceptors (Lipinski definition) is 6. The van der Waals surface area contributed by atoms with E-state index in [1.165, 1.54) is 30.6 Å². The number of hydrogen-bond donors (Lipinski definition) is 1. The first-order valence-corrected chi connectivity index (χ1v) is 10.9. The zero-order valence-electron chi connectivity index (χ0n) is 15.8. The van der Waals surface area contributed by atoms with E-state index in [4.69, 9.17) is 4.74 Å². The number of thiazole rings is 1. The molecule has 0 unspecified atom stereocenters. The molecular weight excluding hydrogens is 386 g/mol. The molecule has 3 aromatic heterocycles. The summed E-state index contributed by atoms with van der Waals surface area (Å²) in [5.41, 5.74) is 2.30. The average Bonchev–Trinajstić information content (AvgIpc) is 3.62. The number of imidazole rings is 1. The third-order valence-corrected chi connectivity index (χ3v) is 6.89. The van der Waals surface area contributed by atoms with Crippen LogP contribution in [-0.4, -0.2) is 36.1 Å². The van der Waals surface area contributed by atoms with Crippen LogP contribution < -0.4 is 4.74 Å². The van der Waals surface area contributed by atoms with Gasteiger partial charge in [-0.1, -0.05) is 5.21 Å². The van der Waals surface area contributed by atoms with Crippen LogP contribution in [0.15, 0.2) is 43.0 Å². The Morgan fingerprint density at radius 1 is 1.17 bits per heavy atom. The number of nitrogens with zero attached hydrogens (tertiary/aromatic N) is 5. The van der Waals surface area contributed by atoms with Crippen LogP contribution in [0.2, 0.25) is 0 Å². The summed E-state index contributed by atoms with van der Waals surface area (Å²) in [6.45, 7) is 0.797. The van der Waals surface area contributed by atoms with Gasteiger partial charge in [0.05, 0.1) is 30.4 Å².